The number of ether oxygens (including phenoxy) is 1. The molecule has 2 N–H and O–H groups in total. The van der Waals surface area contributed by atoms with Crippen LogP contribution in [0.5, 0.6) is 0 Å². The van der Waals surface area contributed by atoms with E-state index in [1.165, 1.54) is 0 Å². The van der Waals surface area contributed by atoms with Crippen molar-refractivity contribution in [2.45, 2.75) is 18.9 Å². The molecule has 0 spiro atoms. The molecule has 0 amide bonds. The van der Waals surface area contributed by atoms with E-state index in [0.717, 1.165) is 19.4 Å². The van der Waals surface area contributed by atoms with Gasteiger partial charge in [0, 0.05) is 31.1 Å². The molecule has 31 heavy (non-hydrogen) atoms. The minimum Gasteiger partial charge on any atom is -0.376 e. The Labute approximate surface area is 177 Å². The van der Waals surface area contributed by atoms with Gasteiger partial charge in [-0.1, -0.05) is 5.92 Å². The van der Waals surface area contributed by atoms with E-state index in [0.29, 0.717) is 46.2 Å². The average Bonchev–Trinajstić information content (AvgIpc) is 3.47. The maximum absolute atomic E-state index is 13.7. The molecule has 1 aliphatic heterocycles. The van der Waals surface area contributed by atoms with Crippen molar-refractivity contribution in [2.24, 2.45) is 0 Å². The van der Waals surface area contributed by atoms with Crippen molar-refractivity contribution in [3.63, 3.8) is 0 Å². The van der Waals surface area contributed by atoms with Crippen LogP contribution in [-0.2, 0) is 4.74 Å². The fourth-order valence-electron chi connectivity index (χ4n) is 3.32. The summed E-state index contributed by atoms with van der Waals surface area (Å²) in [6.45, 7) is 1.47. The van der Waals surface area contributed by atoms with Gasteiger partial charge in [-0.3, -0.25) is 5.10 Å². The summed E-state index contributed by atoms with van der Waals surface area (Å²) < 4.78 is 19.3. The van der Waals surface area contributed by atoms with Crippen LogP contribution < -0.4 is 5.32 Å². The molecule has 0 bridgehead atoms. The number of benzene rings is 1. The molecule has 1 unspecified atom stereocenters. The molecule has 8 nitrogen and oxygen atoms in total. The second-order valence-electron chi connectivity index (χ2n) is 7.07. The van der Waals surface area contributed by atoms with Gasteiger partial charge >= 0.3 is 0 Å². The number of nitrogens with zero attached hydrogens (tertiary/aromatic N) is 5. The van der Waals surface area contributed by atoms with Crippen LogP contribution in [0.25, 0.3) is 22.4 Å². The summed E-state index contributed by atoms with van der Waals surface area (Å²) in [5, 5.41) is 9.80. The number of H-pyrrole nitrogens is 1. The van der Waals surface area contributed by atoms with Crippen molar-refractivity contribution in [2.75, 3.05) is 18.5 Å². The zero-order valence-electron chi connectivity index (χ0n) is 16.5. The molecule has 154 valence electrons. The van der Waals surface area contributed by atoms with Crippen LogP contribution in [0, 0.1) is 17.8 Å². The maximum Gasteiger partial charge on any atom is 0.223 e. The highest BCUT2D eigenvalue weighted by Crippen LogP contribution is 2.17. The van der Waals surface area contributed by atoms with E-state index in [1.54, 1.807) is 42.7 Å². The van der Waals surface area contributed by atoms with Crippen LogP contribution in [0.2, 0.25) is 0 Å². The van der Waals surface area contributed by atoms with Crippen LogP contribution in [0.3, 0.4) is 0 Å². The van der Waals surface area contributed by atoms with Gasteiger partial charge in [0.05, 0.1) is 17.0 Å². The first-order valence-electron chi connectivity index (χ1n) is 9.92. The lowest BCUT2D eigenvalue weighted by Gasteiger charge is -2.10. The van der Waals surface area contributed by atoms with Gasteiger partial charge in [-0.05, 0) is 49.1 Å². The Kier molecular flexibility index (Phi) is 5.21. The molecule has 1 fully saturated rings. The highest BCUT2D eigenvalue weighted by atomic mass is 19.1. The van der Waals surface area contributed by atoms with Gasteiger partial charge in [-0.25, -0.2) is 19.9 Å². The molecule has 0 aliphatic carbocycles. The topological polar surface area (TPSA) is 102 Å². The fourth-order valence-corrected chi connectivity index (χ4v) is 3.32. The van der Waals surface area contributed by atoms with Gasteiger partial charge in [-0.15, -0.1) is 0 Å². The Bertz CT molecular complexity index is 1290. The first-order chi connectivity index (χ1) is 15.2. The van der Waals surface area contributed by atoms with E-state index in [4.69, 9.17) is 4.74 Å². The van der Waals surface area contributed by atoms with Crippen molar-refractivity contribution in [3.05, 3.63) is 59.9 Å². The summed E-state index contributed by atoms with van der Waals surface area (Å²) in [4.78, 5) is 17.5. The van der Waals surface area contributed by atoms with Crippen molar-refractivity contribution >= 4 is 16.9 Å². The SMILES string of the molecule is Fc1[nH]nc2ccc(C#Cc3ccnc(-c4ccnc(NCC5CCCO5)n4)n3)cc12. The molecule has 0 radical (unpaired) electrons. The Morgan fingerprint density at radius 3 is 2.97 bits per heavy atom. The van der Waals surface area contributed by atoms with E-state index in [-0.39, 0.29) is 6.10 Å². The monoisotopic (exact) mass is 415 g/mol. The highest BCUT2D eigenvalue weighted by Gasteiger charge is 2.15. The molecule has 1 atom stereocenters. The number of anilines is 1. The van der Waals surface area contributed by atoms with E-state index in [9.17, 15) is 4.39 Å². The summed E-state index contributed by atoms with van der Waals surface area (Å²) >= 11 is 0. The zero-order valence-corrected chi connectivity index (χ0v) is 16.5. The van der Waals surface area contributed by atoms with Gasteiger partial charge in [0.1, 0.15) is 11.4 Å². The minimum absolute atomic E-state index is 0.192. The van der Waals surface area contributed by atoms with Crippen LogP contribution in [0.15, 0.2) is 42.7 Å². The second kappa shape index (κ2) is 8.45. The molecule has 4 heterocycles. The van der Waals surface area contributed by atoms with Gasteiger partial charge in [0.2, 0.25) is 11.9 Å². The second-order valence-corrected chi connectivity index (χ2v) is 7.07. The summed E-state index contributed by atoms with van der Waals surface area (Å²) in [5.74, 6) is 6.48. The standard InChI is InChI=1S/C22H18FN7O/c23-20-17-12-14(4-6-18(17)29-30-20)3-5-15-7-9-24-21(27-15)19-8-10-25-22(28-19)26-13-16-2-1-11-31-16/h4,6-10,12,16H,1-2,11,13H2,(H,29,30)(H,25,26,28). The Morgan fingerprint density at radius 2 is 2.06 bits per heavy atom. The fraction of sp³-hybridized carbons (Fsp3) is 0.227. The maximum atomic E-state index is 13.7. The number of fused-ring (bicyclic) bond motifs is 1. The van der Waals surface area contributed by atoms with Crippen molar-refractivity contribution < 1.29 is 9.13 Å². The number of aromatic nitrogens is 6. The molecular weight excluding hydrogens is 397 g/mol. The van der Waals surface area contributed by atoms with E-state index in [1.807, 2.05) is 0 Å². The van der Waals surface area contributed by atoms with Gasteiger partial charge in [-0.2, -0.15) is 9.49 Å². The van der Waals surface area contributed by atoms with E-state index >= 15 is 0 Å². The summed E-state index contributed by atoms with van der Waals surface area (Å²) in [5.41, 5.74) is 2.34. The van der Waals surface area contributed by atoms with Gasteiger partial charge in [0.25, 0.3) is 0 Å². The lowest BCUT2D eigenvalue weighted by Crippen LogP contribution is -2.19. The molecule has 1 saturated heterocycles. The molecular formula is C22H18FN7O. The number of nitrogens with one attached hydrogen (secondary N) is 2. The van der Waals surface area contributed by atoms with Crippen molar-refractivity contribution in [3.8, 4) is 23.4 Å². The van der Waals surface area contributed by atoms with Crippen LogP contribution in [0.4, 0.5) is 10.3 Å². The molecule has 5 rings (SSSR count). The third kappa shape index (κ3) is 4.34. The zero-order chi connectivity index (χ0) is 21.0. The average molecular weight is 415 g/mol. The third-order valence-corrected chi connectivity index (χ3v) is 4.89. The van der Waals surface area contributed by atoms with Crippen molar-refractivity contribution in [1.82, 2.24) is 30.1 Å². The quantitative estimate of drug-likeness (QED) is 0.494. The number of rotatable bonds is 4. The Balaban J connectivity index is 1.35. The molecule has 1 aliphatic rings. The minimum atomic E-state index is -0.476. The number of halogens is 1. The van der Waals surface area contributed by atoms with Crippen LogP contribution >= 0.6 is 0 Å². The van der Waals surface area contributed by atoms with E-state index < -0.39 is 5.95 Å². The first-order valence-corrected chi connectivity index (χ1v) is 9.92. The Morgan fingerprint density at radius 1 is 1.13 bits per heavy atom. The van der Waals surface area contributed by atoms with Gasteiger partial charge in [0.15, 0.2) is 5.82 Å². The number of hydrogen-bond acceptors (Lipinski definition) is 7. The summed E-state index contributed by atoms with van der Waals surface area (Å²) in [7, 11) is 0. The van der Waals surface area contributed by atoms with Crippen molar-refractivity contribution in [1.29, 1.82) is 0 Å². The first kappa shape index (κ1) is 19.1. The third-order valence-electron chi connectivity index (χ3n) is 4.89. The highest BCUT2D eigenvalue weighted by molar-refractivity contribution is 5.80. The normalized spacial score (nSPS) is 15.6. The number of aromatic amines is 1. The van der Waals surface area contributed by atoms with Gasteiger partial charge < -0.3 is 10.1 Å². The lowest BCUT2D eigenvalue weighted by molar-refractivity contribution is 0.120. The van der Waals surface area contributed by atoms with Crippen LogP contribution in [0.1, 0.15) is 24.1 Å². The lowest BCUT2D eigenvalue weighted by atomic mass is 10.1. The number of hydrogen-bond donors (Lipinski definition) is 2. The smallest absolute Gasteiger partial charge is 0.223 e. The largest absolute Gasteiger partial charge is 0.376 e. The summed E-state index contributed by atoms with van der Waals surface area (Å²) in [6, 6.07) is 8.62. The predicted molar refractivity (Wildman–Crippen MR) is 113 cm³/mol. The molecule has 1 aromatic carbocycles. The summed E-state index contributed by atoms with van der Waals surface area (Å²) in [6.07, 6.45) is 5.61. The van der Waals surface area contributed by atoms with Crippen LogP contribution in [-0.4, -0.2) is 49.4 Å². The molecule has 9 heteroatoms. The Hall–Kier alpha value is -3.90. The predicted octanol–water partition coefficient (Wildman–Crippen LogP) is 2.94. The van der Waals surface area contributed by atoms with E-state index in [2.05, 4.69) is 47.3 Å². The molecule has 3 aromatic heterocycles. The molecule has 4 aromatic rings. The molecule has 0 saturated carbocycles.